The fourth-order valence-electron chi connectivity index (χ4n) is 4.02. The summed E-state index contributed by atoms with van der Waals surface area (Å²) in [5.74, 6) is -0.368. The molecule has 190 valence electrons. The maximum absolute atomic E-state index is 13.3. The first-order valence-corrected chi connectivity index (χ1v) is 12.2. The summed E-state index contributed by atoms with van der Waals surface area (Å²) in [5, 5.41) is 5.45. The van der Waals surface area contributed by atoms with Crippen molar-refractivity contribution in [3.05, 3.63) is 95.1 Å². The van der Waals surface area contributed by atoms with Gasteiger partial charge in [0, 0.05) is 24.2 Å². The van der Waals surface area contributed by atoms with E-state index in [4.69, 9.17) is 4.74 Å². The van der Waals surface area contributed by atoms with Gasteiger partial charge in [-0.15, -0.1) is 0 Å². The largest absolute Gasteiger partial charge is 0.444 e. The molecule has 0 bridgehead atoms. The molecule has 3 amide bonds. The summed E-state index contributed by atoms with van der Waals surface area (Å²) >= 11 is 0. The molecule has 0 radical (unpaired) electrons. The summed E-state index contributed by atoms with van der Waals surface area (Å²) in [6.07, 6.45) is 3.69. The van der Waals surface area contributed by atoms with Crippen molar-refractivity contribution in [1.29, 1.82) is 0 Å². The summed E-state index contributed by atoms with van der Waals surface area (Å²) in [6, 6.07) is 22.3. The van der Waals surface area contributed by atoms with Gasteiger partial charge in [0.25, 0.3) is 5.91 Å². The second-order valence-corrected chi connectivity index (χ2v) is 9.78. The monoisotopic (exact) mass is 497 g/mol. The fourth-order valence-corrected chi connectivity index (χ4v) is 4.02. The standard InChI is InChI=1S/C30H31N3O4/c1-30(2,3)37-29(36)32-25-16-14-23(15-17-25)28(35)31-19-18-27(34)33-20-24-10-5-4-8-21(24)12-13-22-9-6-7-11-26(22)33/h4-17H,18-20H2,1-3H3,(H,31,35)(H,32,36)/b13-12-. The average molecular weight is 498 g/mol. The van der Waals surface area contributed by atoms with Crippen LogP contribution in [0.5, 0.6) is 0 Å². The molecule has 0 aromatic heterocycles. The number of nitrogens with one attached hydrogen (secondary N) is 2. The molecule has 7 heteroatoms. The van der Waals surface area contributed by atoms with Gasteiger partial charge >= 0.3 is 6.09 Å². The van der Waals surface area contributed by atoms with Gasteiger partial charge in [-0.2, -0.15) is 0 Å². The van der Waals surface area contributed by atoms with E-state index in [2.05, 4.69) is 16.7 Å². The smallest absolute Gasteiger partial charge is 0.412 e. The normalized spacial score (nSPS) is 13.3. The van der Waals surface area contributed by atoms with E-state index in [0.717, 1.165) is 22.4 Å². The molecule has 0 fully saturated rings. The third-order valence-corrected chi connectivity index (χ3v) is 5.77. The Morgan fingerprint density at radius 2 is 1.51 bits per heavy atom. The summed E-state index contributed by atoms with van der Waals surface area (Å²) in [6.45, 7) is 6.01. The molecule has 3 aromatic rings. The maximum Gasteiger partial charge on any atom is 0.412 e. The number of ether oxygens (including phenoxy) is 1. The van der Waals surface area contributed by atoms with Crippen molar-refractivity contribution in [2.75, 3.05) is 16.8 Å². The van der Waals surface area contributed by atoms with E-state index in [1.165, 1.54) is 0 Å². The number of nitrogens with zero attached hydrogens (tertiary/aromatic N) is 1. The highest BCUT2D eigenvalue weighted by Gasteiger charge is 2.21. The molecule has 2 N–H and O–H groups in total. The highest BCUT2D eigenvalue weighted by Crippen LogP contribution is 2.29. The number of amides is 3. The van der Waals surface area contributed by atoms with Gasteiger partial charge < -0.3 is 15.0 Å². The number of para-hydroxylation sites is 1. The van der Waals surface area contributed by atoms with Crippen LogP contribution in [0.3, 0.4) is 0 Å². The van der Waals surface area contributed by atoms with Gasteiger partial charge in [0.1, 0.15) is 5.60 Å². The van der Waals surface area contributed by atoms with E-state index >= 15 is 0 Å². The van der Waals surface area contributed by atoms with Crippen LogP contribution in [0.15, 0.2) is 72.8 Å². The Hall–Kier alpha value is -4.39. The van der Waals surface area contributed by atoms with Crippen molar-refractivity contribution in [1.82, 2.24) is 5.32 Å². The lowest BCUT2D eigenvalue weighted by Crippen LogP contribution is -2.35. The lowest BCUT2D eigenvalue weighted by atomic mass is 10.0. The van der Waals surface area contributed by atoms with Crippen LogP contribution in [0.2, 0.25) is 0 Å². The number of carbonyl (C=O) groups is 3. The van der Waals surface area contributed by atoms with Gasteiger partial charge in [0.2, 0.25) is 5.91 Å². The van der Waals surface area contributed by atoms with E-state index in [9.17, 15) is 14.4 Å². The Morgan fingerprint density at radius 1 is 0.865 bits per heavy atom. The minimum atomic E-state index is -0.601. The predicted octanol–water partition coefficient (Wildman–Crippen LogP) is 5.87. The van der Waals surface area contributed by atoms with Gasteiger partial charge in [0.05, 0.1) is 12.2 Å². The zero-order valence-corrected chi connectivity index (χ0v) is 21.3. The summed E-state index contributed by atoms with van der Waals surface area (Å²) in [7, 11) is 0. The minimum absolute atomic E-state index is 0.0743. The SMILES string of the molecule is CC(C)(C)OC(=O)Nc1ccc(C(=O)NCCC(=O)N2Cc3ccccc3/C=C\c3ccccc32)cc1. The fraction of sp³-hybridized carbons (Fsp3) is 0.233. The third kappa shape index (κ3) is 6.85. The van der Waals surface area contributed by atoms with Crippen LogP contribution >= 0.6 is 0 Å². The van der Waals surface area contributed by atoms with Crippen molar-refractivity contribution in [3.8, 4) is 0 Å². The zero-order chi connectivity index (χ0) is 26.4. The van der Waals surface area contributed by atoms with E-state index in [1.54, 1.807) is 49.9 Å². The van der Waals surface area contributed by atoms with E-state index in [1.807, 2.05) is 54.6 Å². The van der Waals surface area contributed by atoms with Crippen molar-refractivity contribution in [2.24, 2.45) is 0 Å². The molecule has 0 spiro atoms. The van der Waals surface area contributed by atoms with Crippen LogP contribution in [0.1, 0.15) is 54.2 Å². The Morgan fingerprint density at radius 3 is 2.24 bits per heavy atom. The Labute approximate surface area is 217 Å². The molecule has 37 heavy (non-hydrogen) atoms. The molecule has 7 nitrogen and oxygen atoms in total. The van der Waals surface area contributed by atoms with Crippen LogP contribution in [0.25, 0.3) is 12.2 Å². The zero-order valence-electron chi connectivity index (χ0n) is 21.3. The molecule has 1 aliphatic heterocycles. The molecule has 1 heterocycles. The molecule has 0 saturated heterocycles. The van der Waals surface area contributed by atoms with Crippen molar-refractivity contribution in [3.63, 3.8) is 0 Å². The van der Waals surface area contributed by atoms with Crippen LogP contribution in [0.4, 0.5) is 16.2 Å². The van der Waals surface area contributed by atoms with Crippen molar-refractivity contribution in [2.45, 2.75) is 39.3 Å². The number of rotatable bonds is 5. The first kappa shape index (κ1) is 25.7. The van der Waals surface area contributed by atoms with Gasteiger partial charge in [-0.25, -0.2) is 4.79 Å². The van der Waals surface area contributed by atoms with Gasteiger partial charge in [-0.1, -0.05) is 54.6 Å². The molecular formula is C30H31N3O4. The average Bonchev–Trinajstić information content (AvgIpc) is 2.84. The number of benzene rings is 3. The number of carbonyl (C=O) groups excluding carboxylic acids is 3. The van der Waals surface area contributed by atoms with Crippen molar-refractivity contribution >= 4 is 41.4 Å². The molecule has 0 unspecified atom stereocenters. The molecule has 0 aliphatic carbocycles. The molecule has 0 atom stereocenters. The summed E-state index contributed by atoms with van der Waals surface area (Å²) in [5.41, 5.74) is 4.30. The van der Waals surface area contributed by atoms with Gasteiger partial charge in [-0.05, 0) is 67.8 Å². The topological polar surface area (TPSA) is 87.7 Å². The van der Waals surface area contributed by atoms with Crippen LogP contribution in [0, 0.1) is 0 Å². The Kier molecular flexibility index (Phi) is 7.72. The van der Waals surface area contributed by atoms with Crippen LogP contribution in [-0.4, -0.2) is 30.1 Å². The highest BCUT2D eigenvalue weighted by atomic mass is 16.6. The number of fused-ring (bicyclic) bond motifs is 2. The van der Waals surface area contributed by atoms with E-state index in [0.29, 0.717) is 17.8 Å². The van der Waals surface area contributed by atoms with Gasteiger partial charge in [-0.3, -0.25) is 14.9 Å². The quantitative estimate of drug-likeness (QED) is 0.461. The maximum atomic E-state index is 13.3. The first-order valence-electron chi connectivity index (χ1n) is 12.2. The molecule has 4 rings (SSSR count). The first-order chi connectivity index (χ1) is 17.7. The van der Waals surface area contributed by atoms with Crippen LogP contribution in [-0.2, 0) is 16.1 Å². The molecule has 1 aliphatic rings. The van der Waals surface area contributed by atoms with Crippen molar-refractivity contribution < 1.29 is 19.1 Å². The number of hydrogen-bond donors (Lipinski definition) is 2. The summed E-state index contributed by atoms with van der Waals surface area (Å²) < 4.78 is 5.23. The highest BCUT2D eigenvalue weighted by molar-refractivity contribution is 5.98. The minimum Gasteiger partial charge on any atom is -0.444 e. The molecule has 3 aromatic carbocycles. The lowest BCUT2D eigenvalue weighted by molar-refractivity contribution is -0.118. The molecular weight excluding hydrogens is 466 g/mol. The second kappa shape index (κ2) is 11.1. The number of anilines is 2. The van der Waals surface area contributed by atoms with Gasteiger partial charge in [0.15, 0.2) is 0 Å². The summed E-state index contributed by atoms with van der Waals surface area (Å²) in [4.78, 5) is 39.6. The molecule has 0 saturated carbocycles. The van der Waals surface area contributed by atoms with E-state index < -0.39 is 11.7 Å². The Bertz CT molecular complexity index is 1320. The number of hydrogen-bond acceptors (Lipinski definition) is 4. The van der Waals surface area contributed by atoms with Crippen LogP contribution < -0.4 is 15.5 Å². The van der Waals surface area contributed by atoms with E-state index in [-0.39, 0.29) is 24.8 Å². The lowest BCUT2D eigenvalue weighted by Gasteiger charge is -2.27. The second-order valence-electron chi connectivity index (χ2n) is 9.78. The Balaban J connectivity index is 1.36. The third-order valence-electron chi connectivity index (χ3n) is 5.77. The predicted molar refractivity (Wildman–Crippen MR) is 146 cm³/mol.